The zero-order valence-electron chi connectivity index (χ0n) is 10.1. The monoisotopic (exact) mass is 395 g/mol. The Bertz CT molecular complexity index is 826. The summed E-state index contributed by atoms with van der Waals surface area (Å²) in [6.07, 6.45) is 1.61. The summed E-state index contributed by atoms with van der Waals surface area (Å²) in [6, 6.07) is 9.73. The number of hydrogen-bond acceptors (Lipinski definition) is 1. The van der Waals surface area contributed by atoms with Gasteiger partial charge in [0.15, 0.2) is 5.78 Å². The number of aromatic nitrogens is 1. The molecule has 0 saturated carbocycles. The smallest absolute Gasteiger partial charge is 0.196 e. The van der Waals surface area contributed by atoms with Crippen LogP contribution in [0.4, 0.5) is 4.39 Å². The number of ketones is 1. The number of halogens is 3. The summed E-state index contributed by atoms with van der Waals surface area (Å²) >= 11 is 6.72. The van der Waals surface area contributed by atoms with Gasteiger partial charge >= 0.3 is 0 Å². The first kappa shape index (κ1) is 13.5. The predicted molar refractivity (Wildman–Crippen MR) is 83.5 cm³/mol. The highest BCUT2D eigenvalue weighted by Crippen LogP contribution is 2.27. The Balaban J connectivity index is 2.17. The molecule has 100 valence electrons. The van der Waals surface area contributed by atoms with Crippen LogP contribution in [0.3, 0.4) is 0 Å². The van der Waals surface area contributed by atoms with E-state index >= 15 is 0 Å². The van der Waals surface area contributed by atoms with Gasteiger partial charge in [-0.2, -0.15) is 0 Å². The fraction of sp³-hybridized carbons (Fsp3) is 0. The quantitative estimate of drug-likeness (QED) is 0.603. The summed E-state index contributed by atoms with van der Waals surface area (Å²) in [4.78, 5) is 15.6. The van der Waals surface area contributed by atoms with Crippen LogP contribution in [0.2, 0.25) is 0 Å². The topological polar surface area (TPSA) is 32.9 Å². The molecular weight excluding hydrogens is 389 g/mol. The maximum atomic E-state index is 13.4. The summed E-state index contributed by atoms with van der Waals surface area (Å²) in [5.41, 5.74) is 1.73. The fourth-order valence-electron chi connectivity index (χ4n) is 2.10. The van der Waals surface area contributed by atoms with Crippen molar-refractivity contribution in [2.24, 2.45) is 0 Å². The van der Waals surface area contributed by atoms with Crippen LogP contribution < -0.4 is 0 Å². The molecule has 0 saturated heterocycles. The van der Waals surface area contributed by atoms with E-state index in [4.69, 9.17) is 0 Å². The van der Waals surface area contributed by atoms with Crippen molar-refractivity contribution in [1.82, 2.24) is 4.98 Å². The molecule has 0 amide bonds. The zero-order valence-corrected chi connectivity index (χ0v) is 13.3. The largest absolute Gasteiger partial charge is 0.360 e. The van der Waals surface area contributed by atoms with Crippen LogP contribution in [0.15, 0.2) is 51.5 Å². The molecule has 5 heteroatoms. The number of aromatic amines is 1. The summed E-state index contributed by atoms with van der Waals surface area (Å²) in [6.45, 7) is 0. The maximum Gasteiger partial charge on any atom is 0.196 e. The van der Waals surface area contributed by atoms with Crippen molar-refractivity contribution in [2.45, 2.75) is 0 Å². The molecule has 3 aromatic rings. The van der Waals surface area contributed by atoms with Gasteiger partial charge in [-0.05, 0) is 36.4 Å². The molecule has 0 spiro atoms. The predicted octanol–water partition coefficient (Wildman–Crippen LogP) is 5.06. The normalized spacial score (nSPS) is 10.9. The number of benzene rings is 2. The SMILES string of the molecule is O=C(c1cc(Br)ccc1Br)c1c[nH]c2ccc(F)cc12. The molecule has 1 aromatic heterocycles. The molecule has 0 fully saturated rings. The molecule has 0 aliphatic heterocycles. The van der Waals surface area contributed by atoms with Gasteiger partial charge in [0.2, 0.25) is 0 Å². The van der Waals surface area contributed by atoms with Gasteiger partial charge < -0.3 is 4.98 Å². The number of H-pyrrole nitrogens is 1. The number of carbonyl (C=O) groups excluding carboxylic acids is 1. The van der Waals surface area contributed by atoms with Crippen molar-refractivity contribution in [1.29, 1.82) is 0 Å². The molecule has 0 aliphatic rings. The van der Waals surface area contributed by atoms with Gasteiger partial charge in [-0.25, -0.2) is 4.39 Å². The molecule has 2 nitrogen and oxygen atoms in total. The molecule has 1 N–H and O–H groups in total. The van der Waals surface area contributed by atoms with E-state index in [-0.39, 0.29) is 11.6 Å². The van der Waals surface area contributed by atoms with Crippen LogP contribution in [0.5, 0.6) is 0 Å². The van der Waals surface area contributed by atoms with Crippen LogP contribution in [0.1, 0.15) is 15.9 Å². The zero-order chi connectivity index (χ0) is 14.3. The Labute approximate surface area is 131 Å². The van der Waals surface area contributed by atoms with Crippen molar-refractivity contribution >= 4 is 48.5 Å². The fourth-order valence-corrected chi connectivity index (χ4v) is 2.89. The van der Waals surface area contributed by atoms with Gasteiger partial charge in [0.25, 0.3) is 0 Å². The highest BCUT2D eigenvalue weighted by atomic mass is 79.9. The van der Waals surface area contributed by atoms with Crippen LogP contribution in [0, 0.1) is 5.82 Å². The first-order valence-corrected chi connectivity index (χ1v) is 7.41. The lowest BCUT2D eigenvalue weighted by molar-refractivity contribution is 0.103. The average molecular weight is 397 g/mol. The first-order valence-electron chi connectivity index (χ1n) is 5.82. The molecule has 20 heavy (non-hydrogen) atoms. The van der Waals surface area contributed by atoms with E-state index in [1.54, 1.807) is 24.4 Å². The average Bonchev–Trinajstić information content (AvgIpc) is 2.83. The molecule has 0 atom stereocenters. The number of fused-ring (bicyclic) bond motifs is 1. The van der Waals surface area contributed by atoms with Gasteiger partial charge in [-0.3, -0.25) is 4.79 Å². The minimum atomic E-state index is -0.362. The standard InChI is InChI=1S/C15H8Br2FNO/c16-8-1-3-13(17)11(5-8)15(20)12-7-19-14-4-2-9(18)6-10(12)14/h1-7,19H. The Kier molecular flexibility index (Phi) is 3.48. The highest BCUT2D eigenvalue weighted by molar-refractivity contribution is 9.11. The van der Waals surface area contributed by atoms with E-state index in [2.05, 4.69) is 36.8 Å². The van der Waals surface area contributed by atoms with E-state index in [1.165, 1.54) is 12.1 Å². The summed E-state index contributed by atoms with van der Waals surface area (Å²) in [7, 11) is 0. The van der Waals surface area contributed by atoms with Crippen LogP contribution in [0.25, 0.3) is 10.9 Å². The minimum Gasteiger partial charge on any atom is -0.360 e. The molecule has 0 aliphatic carbocycles. The second-order valence-electron chi connectivity index (χ2n) is 4.35. The number of carbonyl (C=O) groups is 1. The molecule has 1 heterocycles. The molecule has 3 rings (SSSR count). The van der Waals surface area contributed by atoms with E-state index in [0.29, 0.717) is 21.0 Å². The highest BCUT2D eigenvalue weighted by Gasteiger charge is 2.17. The Hall–Kier alpha value is -1.46. The molecule has 0 unspecified atom stereocenters. The third kappa shape index (κ3) is 2.31. The lowest BCUT2D eigenvalue weighted by Gasteiger charge is -2.04. The second kappa shape index (κ2) is 5.14. The minimum absolute atomic E-state index is 0.157. The van der Waals surface area contributed by atoms with Crippen molar-refractivity contribution in [3.63, 3.8) is 0 Å². The molecule has 2 aromatic carbocycles. The molecule has 0 bridgehead atoms. The third-order valence-electron chi connectivity index (χ3n) is 3.06. The van der Waals surface area contributed by atoms with Gasteiger partial charge in [0, 0.05) is 37.2 Å². The summed E-state index contributed by atoms with van der Waals surface area (Å²) in [5.74, 6) is -0.519. The van der Waals surface area contributed by atoms with Crippen molar-refractivity contribution in [2.75, 3.05) is 0 Å². The summed E-state index contributed by atoms with van der Waals surface area (Å²) < 4.78 is 14.9. The number of nitrogens with one attached hydrogen (secondary N) is 1. The number of rotatable bonds is 2. The van der Waals surface area contributed by atoms with Crippen LogP contribution in [-0.2, 0) is 0 Å². The van der Waals surface area contributed by atoms with E-state index in [0.717, 1.165) is 9.99 Å². The molecule has 0 radical (unpaired) electrons. The number of hydrogen-bond donors (Lipinski definition) is 1. The van der Waals surface area contributed by atoms with Crippen molar-refractivity contribution in [3.05, 3.63) is 68.5 Å². The van der Waals surface area contributed by atoms with Crippen LogP contribution in [-0.4, -0.2) is 10.8 Å². The van der Waals surface area contributed by atoms with Crippen LogP contribution >= 0.6 is 31.9 Å². The second-order valence-corrected chi connectivity index (χ2v) is 6.12. The van der Waals surface area contributed by atoms with E-state index in [1.807, 2.05) is 6.07 Å². The summed E-state index contributed by atoms with van der Waals surface area (Å²) in [5, 5.41) is 0.585. The lowest BCUT2D eigenvalue weighted by atomic mass is 10.0. The first-order chi connectivity index (χ1) is 9.56. The van der Waals surface area contributed by atoms with Crippen molar-refractivity contribution in [3.8, 4) is 0 Å². The van der Waals surface area contributed by atoms with Gasteiger partial charge in [0.05, 0.1) is 0 Å². The molecular formula is C15H8Br2FNO. The van der Waals surface area contributed by atoms with E-state index in [9.17, 15) is 9.18 Å². The maximum absolute atomic E-state index is 13.4. The Morgan fingerprint density at radius 3 is 2.65 bits per heavy atom. The van der Waals surface area contributed by atoms with Gasteiger partial charge in [-0.1, -0.05) is 31.9 Å². The lowest BCUT2D eigenvalue weighted by Crippen LogP contribution is -2.01. The van der Waals surface area contributed by atoms with Crippen molar-refractivity contribution < 1.29 is 9.18 Å². The Morgan fingerprint density at radius 1 is 1.05 bits per heavy atom. The van der Waals surface area contributed by atoms with Gasteiger partial charge in [0.1, 0.15) is 5.82 Å². The van der Waals surface area contributed by atoms with E-state index < -0.39 is 0 Å². The van der Waals surface area contributed by atoms with Gasteiger partial charge in [-0.15, -0.1) is 0 Å². The Morgan fingerprint density at radius 2 is 1.85 bits per heavy atom. The third-order valence-corrected chi connectivity index (χ3v) is 4.25.